The molecule has 0 aromatic carbocycles. The molecule has 1 heterocycles. The molecule has 33 heavy (non-hydrogen) atoms. The third-order valence-electron chi connectivity index (χ3n) is 11.6. The van der Waals surface area contributed by atoms with Crippen molar-refractivity contribution in [1.29, 1.82) is 0 Å². The van der Waals surface area contributed by atoms with Crippen LogP contribution in [-0.4, -0.2) is 31.9 Å². The van der Waals surface area contributed by atoms with Crippen molar-refractivity contribution >= 4 is 6.21 Å². The quantitative estimate of drug-likeness (QED) is 0.399. The van der Waals surface area contributed by atoms with Crippen LogP contribution in [0.2, 0.25) is 0 Å². The summed E-state index contributed by atoms with van der Waals surface area (Å²) in [7, 11) is 0. The second-order valence-corrected chi connectivity index (χ2v) is 13.1. The van der Waals surface area contributed by atoms with Crippen LogP contribution < -0.4 is 10.6 Å². The number of fused-ring (bicyclic) bond motifs is 5. The van der Waals surface area contributed by atoms with Gasteiger partial charge in [0.2, 0.25) is 0 Å². The monoisotopic (exact) mass is 453 g/mol. The smallest absolute Gasteiger partial charge is 0.0498 e. The SMILES string of the molecule is CC1CCC2C3CCC4CC(NCCCCNCC5=CCCC=N5)CCC4(C)C3CCC12C. The molecule has 5 rings (SSSR count). The van der Waals surface area contributed by atoms with Crippen LogP contribution in [0.3, 0.4) is 0 Å². The first kappa shape index (κ1) is 24.0. The Balaban J connectivity index is 1.04. The van der Waals surface area contributed by atoms with Crippen molar-refractivity contribution in [3.05, 3.63) is 11.8 Å². The van der Waals surface area contributed by atoms with Gasteiger partial charge in [-0.05, 0) is 137 Å². The van der Waals surface area contributed by atoms with E-state index in [1.165, 1.54) is 82.9 Å². The molecule has 0 bridgehead atoms. The summed E-state index contributed by atoms with van der Waals surface area (Å²) in [4.78, 5) is 4.47. The molecule has 0 radical (unpaired) electrons. The summed E-state index contributed by atoms with van der Waals surface area (Å²) in [6, 6.07) is 0.773. The van der Waals surface area contributed by atoms with Crippen molar-refractivity contribution in [2.45, 2.75) is 110 Å². The summed E-state index contributed by atoms with van der Waals surface area (Å²) >= 11 is 0. The van der Waals surface area contributed by atoms with Crippen LogP contribution in [0, 0.1) is 40.4 Å². The van der Waals surface area contributed by atoms with Gasteiger partial charge in [-0.2, -0.15) is 0 Å². The number of allylic oxidation sites excluding steroid dienone is 1. The van der Waals surface area contributed by atoms with E-state index in [1.807, 2.05) is 0 Å². The van der Waals surface area contributed by atoms with Gasteiger partial charge >= 0.3 is 0 Å². The van der Waals surface area contributed by atoms with Crippen LogP contribution in [0.5, 0.6) is 0 Å². The number of aliphatic imine (C=N–C) groups is 1. The summed E-state index contributed by atoms with van der Waals surface area (Å²) in [6.45, 7) is 11.2. The van der Waals surface area contributed by atoms with Gasteiger partial charge in [0.1, 0.15) is 0 Å². The fraction of sp³-hybridized carbons (Fsp3) is 0.900. The second-order valence-electron chi connectivity index (χ2n) is 13.1. The van der Waals surface area contributed by atoms with Crippen molar-refractivity contribution < 1.29 is 0 Å². The van der Waals surface area contributed by atoms with Gasteiger partial charge in [-0.1, -0.05) is 26.8 Å². The lowest BCUT2D eigenvalue weighted by Gasteiger charge is -2.61. The number of rotatable bonds is 8. The largest absolute Gasteiger partial charge is 0.314 e. The lowest BCUT2D eigenvalue weighted by molar-refractivity contribution is -0.113. The molecule has 5 aliphatic rings. The lowest BCUT2D eigenvalue weighted by atomic mass is 9.44. The van der Waals surface area contributed by atoms with Gasteiger partial charge in [-0.3, -0.25) is 4.99 Å². The van der Waals surface area contributed by atoms with Crippen molar-refractivity contribution in [3.63, 3.8) is 0 Å². The van der Waals surface area contributed by atoms with Gasteiger partial charge in [-0.15, -0.1) is 0 Å². The molecule has 4 fully saturated rings. The summed E-state index contributed by atoms with van der Waals surface area (Å²) in [5.41, 5.74) is 2.52. The lowest BCUT2D eigenvalue weighted by Crippen LogP contribution is -2.55. The molecule has 4 aliphatic carbocycles. The van der Waals surface area contributed by atoms with Crippen LogP contribution >= 0.6 is 0 Å². The Kier molecular flexibility index (Phi) is 7.38. The van der Waals surface area contributed by atoms with E-state index in [-0.39, 0.29) is 0 Å². The standard InChI is InChI=1S/C30H51N3/c1-22-9-12-27-26-11-10-23-20-24(13-15-30(23,3)28(26)14-16-29(22,27)2)32-19-7-6-17-31-21-25-8-4-5-18-33-25/h8,18,22-24,26-28,31-32H,4-7,9-17,19-21H2,1-3H3. The predicted octanol–water partition coefficient (Wildman–Crippen LogP) is 6.74. The fourth-order valence-corrected chi connectivity index (χ4v) is 9.28. The van der Waals surface area contributed by atoms with Gasteiger partial charge in [-0.25, -0.2) is 0 Å². The molecule has 0 aromatic heterocycles. The average Bonchev–Trinajstić information content (AvgIpc) is 3.13. The fourth-order valence-electron chi connectivity index (χ4n) is 9.28. The number of nitrogens with one attached hydrogen (secondary N) is 2. The maximum absolute atomic E-state index is 4.47. The summed E-state index contributed by atoms with van der Waals surface area (Å²) < 4.78 is 0. The van der Waals surface area contributed by atoms with E-state index in [1.54, 1.807) is 0 Å². The molecule has 2 N–H and O–H groups in total. The van der Waals surface area contributed by atoms with E-state index in [2.05, 4.69) is 48.7 Å². The molecule has 4 saturated carbocycles. The number of unbranched alkanes of at least 4 members (excludes halogenated alkanes) is 1. The van der Waals surface area contributed by atoms with Gasteiger partial charge in [0, 0.05) is 24.5 Å². The van der Waals surface area contributed by atoms with Crippen molar-refractivity contribution in [1.82, 2.24) is 10.6 Å². The Hall–Kier alpha value is -0.670. The van der Waals surface area contributed by atoms with Crippen LogP contribution in [0.1, 0.15) is 104 Å². The zero-order valence-electron chi connectivity index (χ0n) is 21.9. The zero-order valence-corrected chi connectivity index (χ0v) is 21.9. The molecular formula is C30H51N3. The Morgan fingerprint density at radius 3 is 2.58 bits per heavy atom. The van der Waals surface area contributed by atoms with Crippen molar-refractivity contribution in [3.8, 4) is 0 Å². The summed E-state index contributed by atoms with van der Waals surface area (Å²) in [6.07, 6.45) is 22.6. The van der Waals surface area contributed by atoms with E-state index >= 15 is 0 Å². The minimum absolute atomic E-state index is 0.633. The highest BCUT2D eigenvalue weighted by Gasteiger charge is 2.59. The predicted molar refractivity (Wildman–Crippen MR) is 141 cm³/mol. The zero-order chi connectivity index (χ0) is 22.9. The molecular weight excluding hydrogens is 402 g/mol. The van der Waals surface area contributed by atoms with Crippen LogP contribution in [0.15, 0.2) is 16.8 Å². The Bertz CT molecular complexity index is 728. The third kappa shape index (κ3) is 4.75. The molecule has 186 valence electrons. The highest BCUT2D eigenvalue weighted by molar-refractivity contribution is 5.60. The van der Waals surface area contributed by atoms with E-state index in [9.17, 15) is 0 Å². The maximum Gasteiger partial charge on any atom is 0.0498 e. The average molecular weight is 454 g/mol. The van der Waals surface area contributed by atoms with Crippen molar-refractivity contribution in [2.75, 3.05) is 19.6 Å². The van der Waals surface area contributed by atoms with Gasteiger partial charge in [0.25, 0.3) is 0 Å². The topological polar surface area (TPSA) is 36.4 Å². The first-order valence-corrected chi connectivity index (χ1v) is 14.7. The number of hydrogen-bond donors (Lipinski definition) is 2. The maximum atomic E-state index is 4.47. The molecule has 0 spiro atoms. The minimum Gasteiger partial charge on any atom is -0.314 e. The molecule has 1 aliphatic heterocycles. The summed E-state index contributed by atoms with van der Waals surface area (Å²) in [5.74, 6) is 5.04. The molecule has 8 unspecified atom stereocenters. The molecule has 0 amide bonds. The highest BCUT2D eigenvalue weighted by Crippen LogP contribution is 2.67. The van der Waals surface area contributed by atoms with E-state index < -0.39 is 0 Å². The van der Waals surface area contributed by atoms with E-state index in [0.717, 1.165) is 61.6 Å². The highest BCUT2D eigenvalue weighted by atomic mass is 14.9. The van der Waals surface area contributed by atoms with Gasteiger partial charge < -0.3 is 10.6 Å². The summed E-state index contributed by atoms with van der Waals surface area (Å²) in [5, 5.41) is 7.54. The first-order valence-electron chi connectivity index (χ1n) is 14.7. The molecule has 3 heteroatoms. The van der Waals surface area contributed by atoms with Crippen LogP contribution in [-0.2, 0) is 0 Å². The van der Waals surface area contributed by atoms with Crippen LogP contribution in [0.25, 0.3) is 0 Å². The van der Waals surface area contributed by atoms with E-state index in [4.69, 9.17) is 0 Å². The van der Waals surface area contributed by atoms with Crippen molar-refractivity contribution in [2.24, 2.45) is 45.4 Å². The van der Waals surface area contributed by atoms with Gasteiger partial charge in [0.15, 0.2) is 0 Å². The van der Waals surface area contributed by atoms with Gasteiger partial charge in [0.05, 0.1) is 0 Å². The normalized spacial score (nSPS) is 44.6. The molecule has 8 atom stereocenters. The molecule has 3 nitrogen and oxygen atoms in total. The molecule has 0 aromatic rings. The number of nitrogens with zero attached hydrogens (tertiary/aromatic N) is 1. The minimum atomic E-state index is 0.633. The third-order valence-corrected chi connectivity index (χ3v) is 11.6. The number of hydrogen-bond acceptors (Lipinski definition) is 3. The Morgan fingerprint density at radius 1 is 0.909 bits per heavy atom. The Labute approximate surface area is 204 Å². The second kappa shape index (κ2) is 10.1. The first-order chi connectivity index (χ1) is 16.0. The van der Waals surface area contributed by atoms with E-state index in [0.29, 0.717) is 10.8 Å². The van der Waals surface area contributed by atoms with Crippen LogP contribution in [0.4, 0.5) is 0 Å². The molecule has 0 saturated heterocycles. The Morgan fingerprint density at radius 2 is 1.73 bits per heavy atom.